The molecule has 6 heteroatoms. The lowest BCUT2D eigenvalue weighted by Crippen LogP contribution is -2.48. The Hall–Kier alpha value is -1.14. The highest BCUT2D eigenvalue weighted by Gasteiger charge is 2.57. The highest BCUT2D eigenvalue weighted by atomic mass is 19.3. The predicted molar refractivity (Wildman–Crippen MR) is 52.3 cm³/mol. The van der Waals surface area contributed by atoms with Gasteiger partial charge < -0.3 is 10.8 Å². The lowest BCUT2D eigenvalue weighted by atomic mass is 9.85. The van der Waals surface area contributed by atoms with E-state index in [2.05, 4.69) is 0 Å². The SMILES string of the molecule is NC(c1cccc(F)c1F)(C(F)F)C1CC1O. The van der Waals surface area contributed by atoms with Gasteiger partial charge in [0.2, 0.25) is 0 Å². The minimum atomic E-state index is -3.08. The molecule has 0 radical (unpaired) electrons. The van der Waals surface area contributed by atoms with Gasteiger partial charge in [-0.3, -0.25) is 0 Å². The predicted octanol–water partition coefficient (Wildman–Crippen LogP) is 1.76. The van der Waals surface area contributed by atoms with Gasteiger partial charge in [0.1, 0.15) is 5.54 Å². The van der Waals surface area contributed by atoms with E-state index in [-0.39, 0.29) is 6.42 Å². The van der Waals surface area contributed by atoms with Crippen molar-refractivity contribution in [2.75, 3.05) is 0 Å². The third-order valence-corrected chi connectivity index (χ3v) is 3.15. The van der Waals surface area contributed by atoms with Gasteiger partial charge in [-0.15, -0.1) is 0 Å². The molecule has 0 bridgehead atoms. The minimum Gasteiger partial charge on any atom is -0.393 e. The summed E-state index contributed by atoms with van der Waals surface area (Å²) in [5.41, 5.74) is 2.58. The van der Waals surface area contributed by atoms with E-state index in [1.54, 1.807) is 0 Å². The number of halogens is 4. The van der Waals surface area contributed by atoms with Crippen molar-refractivity contribution < 1.29 is 22.7 Å². The summed E-state index contributed by atoms with van der Waals surface area (Å²) in [5, 5.41) is 9.20. The molecule has 1 fully saturated rings. The molecule has 94 valence electrons. The molecule has 1 aromatic rings. The summed E-state index contributed by atoms with van der Waals surface area (Å²) < 4.78 is 52.6. The molecule has 0 amide bonds. The lowest BCUT2D eigenvalue weighted by molar-refractivity contribution is 0.0258. The number of aliphatic hydroxyl groups excluding tert-OH is 1. The summed E-state index contributed by atoms with van der Waals surface area (Å²) in [5.74, 6) is -3.55. The largest absolute Gasteiger partial charge is 0.393 e. The molecule has 1 aliphatic rings. The fourth-order valence-electron chi connectivity index (χ4n) is 2.01. The van der Waals surface area contributed by atoms with Crippen molar-refractivity contribution in [3.8, 4) is 0 Å². The van der Waals surface area contributed by atoms with Crippen LogP contribution in [0.3, 0.4) is 0 Å². The van der Waals surface area contributed by atoms with E-state index in [1.807, 2.05) is 0 Å². The topological polar surface area (TPSA) is 46.2 Å². The van der Waals surface area contributed by atoms with Crippen molar-refractivity contribution in [2.24, 2.45) is 11.7 Å². The first kappa shape index (κ1) is 12.3. The molecule has 0 saturated heterocycles. The molecular formula is C11H11F4NO. The fourth-order valence-corrected chi connectivity index (χ4v) is 2.01. The van der Waals surface area contributed by atoms with Crippen LogP contribution < -0.4 is 5.73 Å². The van der Waals surface area contributed by atoms with E-state index >= 15 is 0 Å². The van der Waals surface area contributed by atoms with Gasteiger partial charge in [-0.1, -0.05) is 12.1 Å². The number of aliphatic hydroxyl groups is 1. The molecule has 0 aromatic heterocycles. The molecule has 0 heterocycles. The monoisotopic (exact) mass is 249 g/mol. The number of benzene rings is 1. The second-order valence-corrected chi connectivity index (χ2v) is 4.24. The molecule has 0 aliphatic heterocycles. The molecule has 3 atom stereocenters. The van der Waals surface area contributed by atoms with Crippen LogP contribution >= 0.6 is 0 Å². The number of hydrogen-bond donors (Lipinski definition) is 2. The second kappa shape index (κ2) is 3.96. The zero-order chi connectivity index (χ0) is 12.8. The van der Waals surface area contributed by atoms with E-state index in [1.165, 1.54) is 0 Å². The van der Waals surface area contributed by atoms with E-state index in [0.29, 0.717) is 0 Å². The molecular weight excluding hydrogens is 238 g/mol. The van der Waals surface area contributed by atoms with E-state index < -0.39 is 41.2 Å². The van der Waals surface area contributed by atoms with Crippen molar-refractivity contribution >= 4 is 0 Å². The maximum atomic E-state index is 13.5. The quantitative estimate of drug-likeness (QED) is 0.802. The van der Waals surface area contributed by atoms with Gasteiger partial charge in [-0.25, -0.2) is 17.6 Å². The van der Waals surface area contributed by atoms with Crippen LogP contribution in [-0.2, 0) is 5.54 Å². The Bertz CT molecular complexity index is 439. The van der Waals surface area contributed by atoms with Gasteiger partial charge >= 0.3 is 0 Å². The Morgan fingerprint density at radius 1 is 1.35 bits per heavy atom. The molecule has 3 N–H and O–H groups in total. The number of nitrogens with two attached hydrogens (primary N) is 1. The first-order chi connectivity index (χ1) is 7.89. The fraction of sp³-hybridized carbons (Fsp3) is 0.455. The van der Waals surface area contributed by atoms with Gasteiger partial charge in [0.15, 0.2) is 11.6 Å². The van der Waals surface area contributed by atoms with Crippen molar-refractivity contribution in [3.05, 3.63) is 35.4 Å². The van der Waals surface area contributed by atoms with Crippen LogP contribution in [0.15, 0.2) is 18.2 Å². The molecule has 1 aliphatic carbocycles. The van der Waals surface area contributed by atoms with Gasteiger partial charge in [0.05, 0.1) is 6.10 Å². The maximum absolute atomic E-state index is 13.5. The maximum Gasteiger partial charge on any atom is 0.260 e. The Kier molecular flexibility index (Phi) is 2.87. The van der Waals surface area contributed by atoms with Crippen molar-refractivity contribution in [3.63, 3.8) is 0 Å². The molecule has 1 saturated carbocycles. The molecule has 1 aromatic carbocycles. The number of hydrogen-bond acceptors (Lipinski definition) is 2. The van der Waals surface area contributed by atoms with Gasteiger partial charge in [-0.05, 0) is 12.5 Å². The molecule has 17 heavy (non-hydrogen) atoms. The van der Waals surface area contributed by atoms with Crippen LogP contribution in [0.5, 0.6) is 0 Å². The van der Waals surface area contributed by atoms with Crippen LogP contribution in [0.1, 0.15) is 12.0 Å². The third-order valence-electron chi connectivity index (χ3n) is 3.15. The van der Waals surface area contributed by atoms with Gasteiger partial charge in [0.25, 0.3) is 6.43 Å². The first-order valence-corrected chi connectivity index (χ1v) is 5.08. The summed E-state index contributed by atoms with van der Waals surface area (Å²) >= 11 is 0. The Balaban J connectivity index is 2.50. The highest BCUT2D eigenvalue weighted by molar-refractivity contribution is 5.31. The van der Waals surface area contributed by atoms with Crippen LogP contribution in [0.25, 0.3) is 0 Å². The average Bonchev–Trinajstić information content (AvgIpc) is 2.99. The van der Waals surface area contributed by atoms with E-state index in [4.69, 9.17) is 5.73 Å². The van der Waals surface area contributed by atoms with Gasteiger partial charge in [0, 0.05) is 11.5 Å². The van der Waals surface area contributed by atoms with Crippen molar-refractivity contribution in [1.82, 2.24) is 0 Å². The Labute approximate surface area is 95.0 Å². The lowest BCUT2D eigenvalue weighted by Gasteiger charge is -2.29. The summed E-state index contributed by atoms with van der Waals surface area (Å²) in [6.45, 7) is 0. The molecule has 0 spiro atoms. The summed E-state index contributed by atoms with van der Waals surface area (Å²) in [6.07, 6.45) is -4.01. The molecule has 2 nitrogen and oxygen atoms in total. The van der Waals surface area contributed by atoms with Gasteiger partial charge in [-0.2, -0.15) is 0 Å². The molecule has 3 unspecified atom stereocenters. The Morgan fingerprint density at radius 2 is 1.94 bits per heavy atom. The summed E-state index contributed by atoms with van der Waals surface area (Å²) in [7, 11) is 0. The summed E-state index contributed by atoms with van der Waals surface area (Å²) in [4.78, 5) is 0. The highest BCUT2D eigenvalue weighted by Crippen LogP contribution is 2.48. The number of alkyl halides is 2. The average molecular weight is 249 g/mol. The molecule has 2 rings (SSSR count). The Morgan fingerprint density at radius 3 is 2.41 bits per heavy atom. The third kappa shape index (κ3) is 1.81. The van der Waals surface area contributed by atoms with Crippen LogP contribution in [0.4, 0.5) is 17.6 Å². The van der Waals surface area contributed by atoms with Crippen molar-refractivity contribution in [1.29, 1.82) is 0 Å². The van der Waals surface area contributed by atoms with Crippen molar-refractivity contribution in [2.45, 2.75) is 24.5 Å². The first-order valence-electron chi connectivity index (χ1n) is 5.08. The van der Waals surface area contributed by atoms with E-state index in [9.17, 15) is 22.7 Å². The van der Waals surface area contributed by atoms with Crippen LogP contribution in [-0.4, -0.2) is 17.6 Å². The minimum absolute atomic E-state index is 0.0663. The number of rotatable bonds is 3. The van der Waals surface area contributed by atoms with Crippen LogP contribution in [0.2, 0.25) is 0 Å². The summed E-state index contributed by atoms with van der Waals surface area (Å²) in [6, 6.07) is 2.97. The second-order valence-electron chi connectivity index (χ2n) is 4.24. The smallest absolute Gasteiger partial charge is 0.260 e. The standard InChI is InChI=1S/C11H11F4NO/c12-7-3-1-2-5(9(7)13)11(16,10(14)15)6-4-8(6)17/h1-3,6,8,10,17H,4,16H2. The van der Waals surface area contributed by atoms with E-state index in [0.717, 1.165) is 18.2 Å². The van der Waals surface area contributed by atoms with Crippen LogP contribution in [0, 0.1) is 17.6 Å². The normalized spacial score (nSPS) is 27.0. The zero-order valence-electron chi connectivity index (χ0n) is 8.71. The zero-order valence-corrected chi connectivity index (χ0v) is 8.71.